The third kappa shape index (κ3) is 4.11. The van der Waals surface area contributed by atoms with E-state index in [4.69, 9.17) is 23.2 Å². The third-order valence-corrected chi connectivity index (χ3v) is 4.32. The topological polar surface area (TPSA) is 57.6 Å². The van der Waals surface area contributed by atoms with Gasteiger partial charge in [0.25, 0.3) is 0 Å². The number of nitrogens with zero attached hydrogens (tertiary/aromatic N) is 1. The molecule has 4 nitrogen and oxygen atoms in total. The summed E-state index contributed by atoms with van der Waals surface area (Å²) in [5.74, 6) is -1.05. The number of likely N-dealkylation sites (tertiary alicyclic amines) is 1. The summed E-state index contributed by atoms with van der Waals surface area (Å²) in [5.41, 5.74) is 0.846. The van der Waals surface area contributed by atoms with Gasteiger partial charge in [-0.25, -0.2) is 4.79 Å². The van der Waals surface area contributed by atoms with Crippen LogP contribution < -0.4 is 0 Å². The van der Waals surface area contributed by atoms with Gasteiger partial charge >= 0.3 is 5.97 Å². The Labute approximate surface area is 133 Å². The number of rotatable bonds is 4. The van der Waals surface area contributed by atoms with Crippen LogP contribution in [0.4, 0.5) is 0 Å². The number of amides is 1. The van der Waals surface area contributed by atoms with Gasteiger partial charge in [0.15, 0.2) is 0 Å². The highest BCUT2D eigenvalue weighted by atomic mass is 35.5. The molecule has 2 rings (SSSR count). The fourth-order valence-electron chi connectivity index (χ4n) is 2.60. The van der Waals surface area contributed by atoms with E-state index in [0.717, 1.165) is 18.4 Å². The van der Waals surface area contributed by atoms with Crippen LogP contribution in [0.25, 0.3) is 0 Å². The van der Waals surface area contributed by atoms with Gasteiger partial charge in [0.05, 0.1) is 0 Å². The zero-order chi connectivity index (χ0) is 15.4. The van der Waals surface area contributed by atoms with Gasteiger partial charge in [0, 0.05) is 23.0 Å². The molecule has 1 saturated heterocycles. The summed E-state index contributed by atoms with van der Waals surface area (Å²) in [5, 5.41) is 10.3. The van der Waals surface area contributed by atoms with Crippen molar-refractivity contribution < 1.29 is 14.7 Å². The summed E-state index contributed by atoms with van der Waals surface area (Å²) in [6, 6.07) is 4.48. The molecule has 1 aromatic carbocycles. The molecule has 6 heteroatoms. The fraction of sp³-hybridized carbons (Fsp3) is 0.467. The van der Waals surface area contributed by atoms with Gasteiger partial charge in [-0.15, -0.1) is 0 Å². The average Bonchev–Trinajstić information content (AvgIpc) is 2.46. The van der Waals surface area contributed by atoms with Gasteiger partial charge in [-0.2, -0.15) is 0 Å². The SMILES string of the molecule is O=C(O)C1CCCCN1C(=O)CCc1ccc(Cl)cc1Cl. The molecule has 0 spiro atoms. The molecule has 1 N–H and O–H groups in total. The van der Waals surface area contributed by atoms with Crippen LogP contribution in [-0.2, 0) is 16.0 Å². The summed E-state index contributed by atoms with van der Waals surface area (Å²) in [4.78, 5) is 24.9. The molecule has 0 radical (unpaired) electrons. The van der Waals surface area contributed by atoms with Crippen LogP contribution in [0.15, 0.2) is 18.2 Å². The first-order valence-electron chi connectivity index (χ1n) is 6.95. The summed E-state index contributed by atoms with van der Waals surface area (Å²) in [6.07, 6.45) is 2.98. The molecule has 21 heavy (non-hydrogen) atoms. The number of halogens is 2. The van der Waals surface area contributed by atoms with Crippen molar-refractivity contribution in [2.45, 2.75) is 38.1 Å². The van der Waals surface area contributed by atoms with Crippen LogP contribution in [0.2, 0.25) is 10.0 Å². The summed E-state index contributed by atoms with van der Waals surface area (Å²) >= 11 is 11.9. The Morgan fingerprint density at radius 1 is 1.29 bits per heavy atom. The van der Waals surface area contributed by atoms with Crippen molar-refractivity contribution in [2.24, 2.45) is 0 Å². The molecule has 1 aromatic rings. The van der Waals surface area contributed by atoms with Crippen molar-refractivity contribution >= 4 is 35.1 Å². The molecule has 0 aromatic heterocycles. The minimum absolute atomic E-state index is 0.131. The van der Waals surface area contributed by atoms with Crippen molar-refractivity contribution in [3.63, 3.8) is 0 Å². The molecule has 1 heterocycles. The number of benzene rings is 1. The second-order valence-electron chi connectivity index (χ2n) is 5.17. The molecule has 0 saturated carbocycles. The minimum Gasteiger partial charge on any atom is -0.480 e. The minimum atomic E-state index is -0.924. The van der Waals surface area contributed by atoms with Gasteiger partial charge in [0.2, 0.25) is 5.91 Å². The van der Waals surface area contributed by atoms with Gasteiger partial charge < -0.3 is 10.0 Å². The largest absolute Gasteiger partial charge is 0.480 e. The lowest BCUT2D eigenvalue weighted by molar-refractivity contribution is -0.152. The maximum atomic E-state index is 12.3. The Balaban J connectivity index is 1.98. The molecule has 1 fully saturated rings. The van der Waals surface area contributed by atoms with Crippen LogP contribution >= 0.6 is 23.2 Å². The second kappa shape index (κ2) is 7.14. The standard InChI is InChI=1S/C15H17Cl2NO3/c16-11-6-4-10(12(17)9-11)5-7-14(19)18-8-2-1-3-13(18)15(20)21/h4,6,9,13H,1-3,5,7-8H2,(H,20,21). The number of piperidine rings is 1. The number of carbonyl (C=O) groups is 2. The van der Waals surface area contributed by atoms with Crippen molar-refractivity contribution in [1.82, 2.24) is 4.90 Å². The normalized spacial score (nSPS) is 18.6. The van der Waals surface area contributed by atoms with Gasteiger partial charge in [0.1, 0.15) is 6.04 Å². The summed E-state index contributed by atoms with van der Waals surface area (Å²) in [7, 11) is 0. The maximum absolute atomic E-state index is 12.3. The lowest BCUT2D eigenvalue weighted by Gasteiger charge is -2.33. The predicted molar refractivity (Wildman–Crippen MR) is 81.8 cm³/mol. The molecule has 0 aliphatic carbocycles. The fourth-order valence-corrected chi connectivity index (χ4v) is 3.10. The third-order valence-electron chi connectivity index (χ3n) is 3.73. The molecule has 1 unspecified atom stereocenters. The highest BCUT2D eigenvalue weighted by Gasteiger charge is 2.31. The molecule has 0 bridgehead atoms. The lowest BCUT2D eigenvalue weighted by atomic mass is 10.0. The van der Waals surface area contributed by atoms with E-state index in [0.29, 0.717) is 29.4 Å². The molecular weight excluding hydrogens is 313 g/mol. The summed E-state index contributed by atoms with van der Waals surface area (Å²) in [6.45, 7) is 0.518. The Morgan fingerprint density at radius 2 is 2.05 bits per heavy atom. The van der Waals surface area contributed by atoms with Gasteiger partial charge in [-0.3, -0.25) is 4.79 Å². The zero-order valence-corrected chi connectivity index (χ0v) is 13.0. The highest BCUT2D eigenvalue weighted by Crippen LogP contribution is 2.23. The van der Waals surface area contributed by atoms with E-state index < -0.39 is 12.0 Å². The first-order chi connectivity index (χ1) is 9.99. The number of aryl methyl sites for hydroxylation is 1. The van der Waals surface area contributed by atoms with E-state index in [1.807, 2.05) is 0 Å². The Morgan fingerprint density at radius 3 is 2.71 bits per heavy atom. The quantitative estimate of drug-likeness (QED) is 0.921. The van der Waals surface area contributed by atoms with Crippen molar-refractivity contribution in [2.75, 3.05) is 6.54 Å². The predicted octanol–water partition coefficient (Wildman–Crippen LogP) is 3.39. The van der Waals surface area contributed by atoms with Gasteiger partial charge in [-0.05, 0) is 43.4 Å². The van der Waals surface area contributed by atoms with Crippen LogP contribution in [-0.4, -0.2) is 34.5 Å². The van der Waals surface area contributed by atoms with E-state index in [1.165, 1.54) is 4.90 Å². The molecular formula is C15H17Cl2NO3. The Hall–Kier alpha value is -1.26. The number of carboxylic acid groups (broad SMARTS) is 1. The number of aliphatic carboxylic acids is 1. The molecule has 1 aliphatic rings. The number of hydrogen-bond acceptors (Lipinski definition) is 2. The van der Waals surface area contributed by atoms with Gasteiger partial charge in [-0.1, -0.05) is 29.3 Å². The van der Waals surface area contributed by atoms with E-state index in [1.54, 1.807) is 18.2 Å². The summed E-state index contributed by atoms with van der Waals surface area (Å²) < 4.78 is 0. The van der Waals surface area contributed by atoms with Crippen LogP contribution in [0.3, 0.4) is 0 Å². The lowest BCUT2D eigenvalue weighted by Crippen LogP contribution is -2.48. The zero-order valence-electron chi connectivity index (χ0n) is 11.5. The second-order valence-corrected chi connectivity index (χ2v) is 6.02. The van der Waals surface area contributed by atoms with Crippen LogP contribution in [0.5, 0.6) is 0 Å². The number of carboxylic acids is 1. The molecule has 1 amide bonds. The van der Waals surface area contributed by atoms with Crippen LogP contribution in [0, 0.1) is 0 Å². The molecule has 114 valence electrons. The Bertz CT molecular complexity index is 548. The van der Waals surface area contributed by atoms with E-state index in [-0.39, 0.29) is 12.3 Å². The van der Waals surface area contributed by atoms with E-state index >= 15 is 0 Å². The number of hydrogen-bond donors (Lipinski definition) is 1. The van der Waals surface area contributed by atoms with Crippen molar-refractivity contribution in [3.05, 3.63) is 33.8 Å². The van der Waals surface area contributed by atoms with E-state index in [9.17, 15) is 14.7 Å². The average molecular weight is 330 g/mol. The number of carbonyl (C=O) groups excluding carboxylic acids is 1. The first-order valence-corrected chi connectivity index (χ1v) is 7.71. The Kier molecular flexibility index (Phi) is 5.48. The smallest absolute Gasteiger partial charge is 0.326 e. The molecule has 1 atom stereocenters. The highest BCUT2D eigenvalue weighted by molar-refractivity contribution is 6.35. The first kappa shape index (κ1) is 16.1. The van der Waals surface area contributed by atoms with Crippen molar-refractivity contribution in [3.8, 4) is 0 Å². The van der Waals surface area contributed by atoms with E-state index in [2.05, 4.69) is 0 Å². The van der Waals surface area contributed by atoms with Crippen molar-refractivity contribution in [1.29, 1.82) is 0 Å². The monoisotopic (exact) mass is 329 g/mol. The van der Waals surface area contributed by atoms with Crippen LogP contribution in [0.1, 0.15) is 31.2 Å². The maximum Gasteiger partial charge on any atom is 0.326 e. The molecule has 1 aliphatic heterocycles.